The fourth-order valence-corrected chi connectivity index (χ4v) is 12.0. The maximum atomic E-state index is 14.9. The number of esters is 1. The first kappa shape index (κ1) is 97.2. The van der Waals surface area contributed by atoms with Gasteiger partial charge in [-0.1, -0.05) is 83.2 Å². The molecule has 646 valence electrons. The van der Waals surface area contributed by atoms with Crippen LogP contribution in [0.2, 0.25) is 0 Å². The number of aliphatic carboxylic acids is 4. The molecule has 2 heterocycles. The Morgan fingerprint density at radius 1 is 0.534 bits per heavy atom. The Kier molecular flexibility index (Phi) is 39.7. The average molecular weight is 1660 g/mol. The zero-order chi connectivity index (χ0) is 88.2. The molecule has 1 aromatic heterocycles. The van der Waals surface area contributed by atoms with Crippen molar-refractivity contribution in [3.05, 3.63) is 65.9 Å². The van der Waals surface area contributed by atoms with Crippen LogP contribution in [0.4, 0.5) is 5.69 Å². The number of Topliss-reactive ketones (excluding diaryl/α,β-unsaturated/α-hetero) is 1. The van der Waals surface area contributed by atoms with Gasteiger partial charge in [-0.25, -0.2) is 4.79 Å². The van der Waals surface area contributed by atoms with E-state index in [2.05, 4.69) is 72.0 Å². The largest absolute Gasteiger partial charge is 0.481 e. The number of nitrogens with two attached hydrogens (primary N) is 4. The van der Waals surface area contributed by atoms with Gasteiger partial charge in [0.15, 0.2) is 5.78 Å². The molecule has 1 aliphatic rings. The molecule has 3 aromatic rings. The lowest BCUT2D eigenvalue weighted by molar-refractivity contribution is -0.156. The van der Waals surface area contributed by atoms with Gasteiger partial charge in [0.2, 0.25) is 88.6 Å². The number of unbranched alkanes of at least 4 members (excludes halogenated alkanes) is 3. The van der Waals surface area contributed by atoms with Crippen molar-refractivity contribution in [1.29, 1.82) is 0 Å². The summed E-state index contributed by atoms with van der Waals surface area (Å²) in [5.74, 6) is -30.9. The highest BCUT2D eigenvalue weighted by Crippen LogP contribution is 2.22. The van der Waals surface area contributed by atoms with Crippen LogP contribution < -0.4 is 92.1 Å². The van der Waals surface area contributed by atoms with Gasteiger partial charge in [-0.05, 0) is 75.3 Å². The molecular formula is C74H104N18O26. The fraction of sp³-hybridized carbons (Fsp3) is 0.527. The molecule has 0 aliphatic carbocycles. The molecule has 2 aromatic carbocycles. The van der Waals surface area contributed by atoms with Gasteiger partial charge in [0, 0.05) is 47.6 Å². The first-order valence-electron chi connectivity index (χ1n) is 37.7. The molecule has 0 radical (unpaired) electrons. The summed E-state index contributed by atoms with van der Waals surface area (Å²) >= 11 is 0. The molecule has 44 nitrogen and oxygen atoms in total. The third-order valence-electron chi connectivity index (χ3n) is 18.6. The van der Waals surface area contributed by atoms with Crippen molar-refractivity contribution in [2.75, 3.05) is 25.4 Å². The molecular weight excluding hydrogens is 1560 g/mol. The van der Waals surface area contributed by atoms with Crippen molar-refractivity contribution in [1.82, 2.24) is 74.1 Å². The number of aromatic nitrogens is 1. The normalized spacial score (nSPS) is 21.2. The lowest BCUT2D eigenvalue weighted by atomic mass is 9.95. The molecule has 0 saturated carbocycles. The van der Waals surface area contributed by atoms with Crippen LogP contribution in [0.3, 0.4) is 0 Å². The number of H-pyrrole nitrogens is 1. The SMILES string of the molecule is CCC(C)CCCCCCC(=O)N[C@@H](Cc1c[nH]c2ccccc12)C(=O)N[C@H](CC(N)=O)C(=O)N[C@@H](CC(=O)O)C(=O)N[C@@H]1C(=O)NCC(=O)N[C@@H](CCCN)C(=O)N[C@@H](CC(=O)O)C(=O)N[C@H](C)C(=O)N[C@@H](CC(=O)O)C(=O)NCC(=O)N[C@H](CC(N)=O)C(=O)N[C@@H](C(C)CC(=O)O)C(=O)N[C@@H](CC(=O)c2ccccc2N)C(=O)O[C@@H]1C. The van der Waals surface area contributed by atoms with Gasteiger partial charge >= 0.3 is 29.8 Å². The van der Waals surface area contributed by atoms with E-state index in [-0.39, 0.29) is 37.1 Å². The molecule has 14 atom stereocenters. The molecule has 118 heavy (non-hydrogen) atoms. The van der Waals surface area contributed by atoms with E-state index in [0.29, 0.717) is 35.2 Å². The van der Waals surface area contributed by atoms with Crippen LogP contribution in [0.5, 0.6) is 0 Å². The summed E-state index contributed by atoms with van der Waals surface area (Å²) in [6.07, 6.45) is -4.75. The first-order valence-corrected chi connectivity index (χ1v) is 37.7. The highest BCUT2D eigenvalue weighted by atomic mass is 16.5. The van der Waals surface area contributed by atoms with Crippen LogP contribution >= 0.6 is 0 Å². The molecule has 0 bridgehead atoms. The number of fused-ring (bicyclic) bond motifs is 1. The number of cyclic esters (lactones) is 1. The molecule has 44 heteroatoms. The third kappa shape index (κ3) is 33.3. The summed E-state index contributed by atoms with van der Waals surface area (Å²) in [7, 11) is 0. The molecule has 2 unspecified atom stereocenters. The van der Waals surface area contributed by atoms with Crippen molar-refractivity contribution in [3.63, 3.8) is 0 Å². The van der Waals surface area contributed by atoms with Crippen molar-refractivity contribution >= 4 is 141 Å². The predicted molar refractivity (Wildman–Crippen MR) is 412 cm³/mol. The monoisotopic (exact) mass is 1660 g/mol. The van der Waals surface area contributed by atoms with Crippen LogP contribution in [0.15, 0.2) is 54.7 Å². The highest BCUT2D eigenvalue weighted by molar-refractivity contribution is 6.05. The van der Waals surface area contributed by atoms with Crippen LogP contribution in [0.25, 0.3) is 10.9 Å². The minimum Gasteiger partial charge on any atom is -0.481 e. The van der Waals surface area contributed by atoms with Gasteiger partial charge < -0.3 is 122 Å². The number of carboxylic acids is 4. The maximum Gasteiger partial charge on any atom is 0.329 e. The van der Waals surface area contributed by atoms with E-state index in [9.17, 15) is 121 Å². The number of carboxylic acid groups (broad SMARTS) is 4. The Bertz CT molecular complexity index is 4190. The second kappa shape index (κ2) is 48.2. The number of primary amides is 2. The summed E-state index contributed by atoms with van der Waals surface area (Å²) in [5, 5.41) is 68.4. The number of ketones is 1. The number of para-hydroxylation sites is 2. The smallest absolute Gasteiger partial charge is 0.329 e. The number of ether oxygens (including phenoxy) is 1. The lowest BCUT2D eigenvalue weighted by Crippen LogP contribution is -2.62. The van der Waals surface area contributed by atoms with Crippen LogP contribution in [0, 0.1) is 11.8 Å². The number of carbonyl (C=O) groups excluding carboxylic acids is 17. The van der Waals surface area contributed by atoms with Crippen molar-refractivity contribution in [2.24, 2.45) is 29.0 Å². The second-order valence-corrected chi connectivity index (χ2v) is 28.3. The van der Waals surface area contributed by atoms with Crippen LogP contribution in [0.1, 0.15) is 153 Å². The fourth-order valence-electron chi connectivity index (χ4n) is 12.0. The summed E-state index contributed by atoms with van der Waals surface area (Å²) in [6, 6.07) is -10.8. The van der Waals surface area contributed by atoms with Crippen LogP contribution in [-0.4, -0.2) is 242 Å². The quantitative estimate of drug-likeness (QED) is 0.0112. The van der Waals surface area contributed by atoms with E-state index >= 15 is 0 Å². The molecule has 1 saturated heterocycles. The summed E-state index contributed by atoms with van der Waals surface area (Å²) in [6.45, 7) is 4.48. The van der Waals surface area contributed by atoms with E-state index < -0.39 is 267 Å². The molecule has 15 amide bonds. The number of benzene rings is 2. The number of amides is 15. The Hall–Kier alpha value is -13.2. The molecule has 26 N–H and O–H groups in total. The zero-order valence-electron chi connectivity index (χ0n) is 65.5. The second-order valence-electron chi connectivity index (χ2n) is 28.3. The summed E-state index contributed by atoms with van der Waals surface area (Å²) < 4.78 is 5.69. The van der Waals surface area contributed by atoms with E-state index in [0.717, 1.165) is 46.5 Å². The van der Waals surface area contributed by atoms with Crippen LogP contribution in [-0.2, 0) is 107 Å². The number of hydrogen-bond donors (Lipinski definition) is 22. The molecule has 1 fully saturated rings. The summed E-state index contributed by atoms with van der Waals surface area (Å²) in [5.41, 5.74) is 23.5. The Labute approximate surface area is 674 Å². The number of aromatic amines is 1. The maximum absolute atomic E-state index is 14.9. The Morgan fingerprint density at radius 3 is 1.68 bits per heavy atom. The number of nitrogens with one attached hydrogen (secondary N) is 14. The van der Waals surface area contributed by atoms with Gasteiger partial charge in [0.25, 0.3) is 0 Å². The van der Waals surface area contributed by atoms with E-state index in [1.165, 1.54) is 24.3 Å². The minimum absolute atomic E-state index is 0.0279. The number of hydrogen-bond acceptors (Lipinski definition) is 24. The van der Waals surface area contributed by atoms with Gasteiger partial charge in [-0.15, -0.1) is 0 Å². The van der Waals surface area contributed by atoms with E-state index in [1.807, 2.05) is 16.0 Å². The van der Waals surface area contributed by atoms with Gasteiger partial charge in [0.05, 0.1) is 51.6 Å². The molecule has 0 spiro atoms. The minimum atomic E-state index is -2.47. The standard InChI is InChI=1S/C74H104N18O26/c1-6-35(2)16-9-7-8-10-22-55(96)84-45(25-39-32-79-43-20-14-12-17-40(39)43)68(111)87-47(28-54(78)95)69(112)89-50(31-61(105)106)71(114)92-63-38(5)118-74(117)51(26-52(93)41-18-11-13-19-42(41)76)90-73(116)62(36(3)24-58(99)100)91-70(113)46(27-53(77)94)85-57(98)33-80-65(108)48(29-59(101)102)86-64(107)37(4)82-67(110)49(30-60(103)104)88-66(109)44(21-15-23-75)83-56(97)34-81-72(63)115/h11-14,17-20,32,35-38,44-51,62-63,79H,6-10,15-16,21-31,33-34,75-76H2,1-5H3,(H2,77,94)(H2,78,95)(H,80,108)(H,81,115)(H,82,110)(H,83,97)(H,84,96)(H,85,98)(H,86,107)(H,87,111)(H,88,109)(H,89,112)(H,90,116)(H,91,113)(H,92,114)(H,99,100)(H,101,102)(H,103,104)(H,105,106)/t35?,36?,37-,38-,44+,45+,46-,47-,48+,49+,50+,51+,62+,63+/m1/s1. The van der Waals surface area contributed by atoms with E-state index in [4.69, 9.17) is 27.7 Å². The number of rotatable bonds is 36. The zero-order valence-corrected chi connectivity index (χ0v) is 65.5. The lowest BCUT2D eigenvalue weighted by Gasteiger charge is -2.30. The van der Waals surface area contributed by atoms with Crippen molar-refractivity contribution in [3.8, 4) is 0 Å². The van der Waals surface area contributed by atoms with Gasteiger partial charge in [-0.2, -0.15) is 0 Å². The van der Waals surface area contributed by atoms with Crippen molar-refractivity contribution in [2.45, 2.75) is 216 Å². The third-order valence-corrected chi connectivity index (χ3v) is 18.6. The first-order chi connectivity index (χ1) is 55.6. The number of carbonyl (C=O) groups is 21. The highest BCUT2D eigenvalue weighted by Gasteiger charge is 2.41. The average Bonchev–Trinajstić information content (AvgIpc) is 1.59. The Balaban J connectivity index is 1.89. The molecule has 1 aliphatic heterocycles. The molecule has 4 rings (SSSR count). The topological polar surface area (TPSA) is 725 Å². The van der Waals surface area contributed by atoms with Gasteiger partial charge in [-0.3, -0.25) is 95.9 Å². The predicted octanol–water partition coefficient (Wildman–Crippen LogP) is -5.49. The van der Waals surface area contributed by atoms with Gasteiger partial charge in [0.1, 0.15) is 72.6 Å². The summed E-state index contributed by atoms with van der Waals surface area (Å²) in [4.78, 5) is 290. The van der Waals surface area contributed by atoms with Crippen molar-refractivity contribution < 1.29 is 126 Å². The van der Waals surface area contributed by atoms with E-state index in [1.54, 1.807) is 30.5 Å². The Morgan fingerprint density at radius 2 is 1.08 bits per heavy atom. The number of nitrogen functional groups attached to an aromatic ring is 1. The number of anilines is 1.